The number of rotatable bonds is 4. The molecule has 1 aliphatic heterocycles. The molecule has 106 valence electrons. The molecule has 1 aliphatic rings. The van der Waals surface area contributed by atoms with Crippen molar-refractivity contribution in [2.75, 3.05) is 31.2 Å². The molecule has 0 spiro atoms. The van der Waals surface area contributed by atoms with Crippen LogP contribution in [0.4, 0.5) is 5.82 Å². The van der Waals surface area contributed by atoms with E-state index in [0.717, 1.165) is 55.7 Å². The van der Waals surface area contributed by atoms with Crippen molar-refractivity contribution in [2.45, 2.75) is 32.9 Å². The molecule has 0 aliphatic carbocycles. The van der Waals surface area contributed by atoms with E-state index in [-0.39, 0.29) is 0 Å². The van der Waals surface area contributed by atoms with Gasteiger partial charge in [-0.25, -0.2) is 4.98 Å². The number of hydrogen-bond acceptors (Lipinski definition) is 4. The average Bonchev–Trinajstić information content (AvgIpc) is 2.66. The zero-order valence-corrected chi connectivity index (χ0v) is 12.4. The fourth-order valence-electron chi connectivity index (χ4n) is 2.07. The van der Waals surface area contributed by atoms with Crippen molar-refractivity contribution in [1.82, 2.24) is 10.3 Å². The van der Waals surface area contributed by atoms with Crippen molar-refractivity contribution in [3.63, 3.8) is 0 Å². The molecule has 1 aromatic heterocycles. The number of nitrogens with zero attached hydrogens (tertiary/aromatic N) is 2. The highest BCUT2D eigenvalue weighted by molar-refractivity contribution is 6.31. The van der Waals surface area contributed by atoms with Gasteiger partial charge in [0.1, 0.15) is 5.82 Å². The summed E-state index contributed by atoms with van der Waals surface area (Å²) in [5.41, 5.74) is 1.10. The third kappa shape index (κ3) is 4.34. The summed E-state index contributed by atoms with van der Waals surface area (Å²) in [6.45, 7) is 8.52. The van der Waals surface area contributed by atoms with Gasteiger partial charge >= 0.3 is 0 Å². The predicted molar refractivity (Wildman–Crippen MR) is 78.9 cm³/mol. The van der Waals surface area contributed by atoms with E-state index in [0.29, 0.717) is 6.04 Å². The molecule has 0 saturated carbocycles. The van der Waals surface area contributed by atoms with Crippen LogP contribution in [-0.4, -0.2) is 37.3 Å². The maximum absolute atomic E-state index is 6.21. The van der Waals surface area contributed by atoms with E-state index in [4.69, 9.17) is 16.3 Å². The Labute approximate surface area is 120 Å². The molecule has 1 saturated heterocycles. The molecule has 0 aromatic carbocycles. The van der Waals surface area contributed by atoms with Crippen LogP contribution in [0, 0.1) is 0 Å². The van der Waals surface area contributed by atoms with E-state index in [9.17, 15) is 0 Å². The molecule has 0 radical (unpaired) electrons. The fraction of sp³-hybridized carbons (Fsp3) is 0.643. The lowest BCUT2D eigenvalue weighted by atomic mass is 10.2. The van der Waals surface area contributed by atoms with E-state index in [1.807, 2.05) is 0 Å². The Bertz CT molecular complexity index is 404. The smallest absolute Gasteiger partial charge is 0.128 e. The molecule has 1 fully saturated rings. The van der Waals surface area contributed by atoms with Crippen molar-refractivity contribution in [3.8, 4) is 0 Å². The molecule has 2 rings (SSSR count). The lowest BCUT2D eigenvalue weighted by Crippen LogP contribution is -2.27. The van der Waals surface area contributed by atoms with Gasteiger partial charge in [-0.2, -0.15) is 0 Å². The standard InChI is InChI=1S/C14H22ClN3O/c1-11(2)16-9-12-8-14(17-10-13(12)15)18-4-3-6-19-7-5-18/h8,10-11,16H,3-7,9H2,1-2H3. The summed E-state index contributed by atoms with van der Waals surface area (Å²) in [7, 11) is 0. The summed E-state index contributed by atoms with van der Waals surface area (Å²) in [6, 6.07) is 2.53. The molecule has 1 N–H and O–H groups in total. The monoisotopic (exact) mass is 283 g/mol. The van der Waals surface area contributed by atoms with E-state index >= 15 is 0 Å². The maximum Gasteiger partial charge on any atom is 0.128 e. The quantitative estimate of drug-likeness (QED) is 0.921. The number of ether oxygens (including phenoxy) is 1. The topological polar surface area (TPSA) is 37.4 Å². The van der Waals surface area contributed by atoms with Gasteiger partial charge in [0.25, 0.3) is 0 Å². The number of anilines is 1. The first-order chi connectivity index (χ1) is 9.16. The summed E-state index contributed by atoms with van der Waals surface area (Å²) in [6.07, 6.45) is 2.80. The Morgan fingerprint density at radius 2 is 2.26 bits per heavy atom. The normalized spacial score (nSPS) is 16.7. The summed E-state index contributed by atoms with van der Waals surface area (Å²) < 4.78 is 5.47. The van der Waals surface area contributed by atoms with Gasteiger partial charge in [-0.1, -0.05) is 25.4 Å². The third-order valence-corrected chi connectivity index (χ3v) is 3.51. The largest absolute Gasteiger partial charge is 0.380 e. The molecule has 5 heteroatoms. The molecule has 2 heterocycles. The molecule has 4 nitrogen and oxygen atoms in total. The van der Waals surface area contributed by atoms with Crippen LogP contribution in [0.5, 0.6) is 0 Å². The minimum Gasteiger partial charge on any atom is -0.380 e. The molecular weight excluding hydrogens is 262 g/mol. The first-order valence-electron chi connectivity index (χ1n) is 6.87. The van der Waals surface area contributed by atoms with Crippen LogP contribution in [0.1, 0.15) is 25.8 Å². The van der Waals surface area contributed by atoms with E-state index in [2.05, 4.69) is 35.1 Å². The fourth-order valence-corrected chi connectivity index (χ4v) is 2.24. The minimum atomic E-state index is 0.444. The summed E-state index contributed by atoms with van der Waals surface area (Å²) in [5, 5.41) is 4.11. The second-order valence-corrected chi connectivity index (χ2v) is 5.53. The minimum absolute atomic E-state index is 0.444. The number of nitrogens with one attached hydrogen (secondary N) is 1. The van der Waals surface area contributed by atoms with Crippen molar-refractivity contribution in [3.05, 3.63) is 22.8 Å². The van der Waals surface area contributed by atoms with Gasteiger partial charge in [-0.3, -0.25) is 0 Å². The average molecular weight is 284 g/mol. The molecule has 0 bridgehead atoms. The van der Waals surface area contributed by atoms with E-state index in [1.165, 1.54) is 0 Å². The molecule has 1 aromatic rings. The lowest BCUT2D eigenvalue weighted by Gasteiger charge is -2.21. The van der Waals surface area contributed by atoms with Crippen molar-refractivity contribution in [1.29, 1.82) is 0 Å². The highest BCUT2D eigenvalue weighted by atomic mass is 35.5. The second kappa shape index (κ2) is 7.08. The van der Waals surface area contributed by atoms with Crippen LogP contribution >= 0.6 is 11.6 Å². The van der Waals surface area contributed by atoms with E-state index in [1.54, 1.807) is 6.20 Å². The Morgan fingerprint density at radius 1 is 1.42 bits per heavy atom. The molecule has 19 heavy (non-hydrogen) atoms. The first kappa shape index (κ1) is 14.6. The van der Waals surface area contributed by atoms with Gasteiger partial charge in [0.05, 0.1) is 11.6 Å². The van der Waals surface area contributed by atoms with Gasteiger partial charge in [0, 0.05) is 38.5 Å². The van der Waals surface area contributed by atoms with Crippen molar-refractivity contribution >= 4 is 17.4 Å². The predicted octanol–water partition coefficient (Wildman–Crippen LogP) is 2.46. The van der Waals surface area contributed by atoms with E-state index < -0.39 is 0 Å². The Morgan fingerprint density at radius 3 is 3.05 bits per heavy atom. The summed E-state index contributed by atoms with van der Waals surface area (Å²) in [5.74, 6) is 0.996. The molecule has 0 unspecified atom stereocenters. The van der Waals surface area contributed by atoms with Crippen LogP contribution in [-0.2, 0) is 11.3 Å². The molecular formula is C14H22ClN3O. The third-order valence-electron chi connectivity index (χ3n) is 3.17. The van der Waals surface area contributed by atoms with Gasteiger partial charge in [0.2, 0.25) is 0 Å². The van der Waals surface area contributed by atoms with Crippen molar-refractivity contribution in [2.24, 2.45) is 0 Å². The lowest BCUT2D eigenvalue weighted by molar-refractivity contribution is 0.152. The zero-order chi connectivity index (χ0) is 13.7. The number of hydrogen-bond donors (Lipinski definition) is 1. The first-order valence-corrected chi connectivity index (χ1v) is 7.25. The van der Waals surface area contributed by atoms with Crippen LogP contribution in [0.2, 0.25) is 5.02 Å². The Balaban J connectivity index is 2.10. The van der Waals surface area contributed by atoms with Crippen LogP contribution in [0.25, 0.3) is 0 Å². The van der Waals surface area contributed by atoms with Crippen LogP contribution < -0.4 is 10.2 Å². The van der Waals surface area contributed by atoms with Gasteiger partial charge in [-0.15, -0.1) is 0 Å². The zero-order valence-electron chi connectivity index (χ0n) is 11.7. The SMILES string of the molecule is CC(C)NCc1cc(N2CCCOCC2)ncc1Cl. The second-order valence-electron chi connectivity index (χ2n) is 5.12. The van der Waals surface area contributed by atoms with Crippen molar-refractivity contribution < 1.29 is 4.74 Å². The number of pyridine rings is 1. The van der Waals surface area contributed by atoms with Gasteiger partial charge in [0.15, 0.2) is 0 Å². The van der Waals surface area contributed by atoms with Crippen LogP contribution in [0.15, 0.2) is 12.3 Å². The number of aromatic nitrogens is 1. The highest BCUT2D eigenvalue weighted by Crippen LogP contribution is 2.21. The highest BCUT2D eigenvalue weighted by Gasteiger charge is 2.13. The summed E-state index contributed by atoms with van der Waals surface area (Å²) >= 11 is 6.21. The molecule has 0 amide bonds. The summed E-state index contributed by atoms with van der Waals surface area (Å²) in [4.78, 5) is 6.71. The van der Waals surface area contributed by atoms with Gasteiger partial charge < -0.3 is 15.0 Å². The number of halogens is 1. The van der Waals surface area contributed by atoms with Crippen LogP contribution in [0.3, 0.4) is 0 Å². The van der Waals surface area contributed by atoms with Gasteiger partial charge in [-0.05, 0) is 18.1 Å². The Kier molecular flexibility index (Phi) is 5.43. The Hall–Kier alpha value is -0.840. The molecule has 0 atom stereocenters. The maximum atomic E-state index is 6.21.